The van der Waals surface area contributed by atoms with E-state index in [1.807, 2.05) is 30.3 Å². The summed E-state index contributed by atoms with van der Waals surface area (Å²) in [5, 5.41) is 0.989. The Hall–Kier alpha value is -2.12. The minimum absolute atomic E-state index is 0.152. The van der Waals surface area contributed by atoms with Crippen LogP contribution in [0.3, 0.4) is 0 Å². The van der Waals surface area contributed by atoms with Gasteiger partial charge in [-0.05, 0) is 24.5 Å². The maximum atomic E-state index is 14.8. The SMILES string of the molecule is COCCN1CCCC2(CN(Cc3cccc4cccnc34)CC(F)(F)C2)C1=O. The third-order valence-corrected chi connectivity index (χ3v) is 6.08. The van der Waals surface area contributed by atoms with Gasteiger partial charge in [0.15, 0.2) is 0 Å². The second-order valence-electron chi connectivity index (χ2n) is 8.34. The summed E-state index contributed by atoms with van der Waals surface area (Å²) in [7, 11) is 1.58. The molecule has 4 rings (SSSR count). The van der Waals surface area contributed by atoms with Crippen LogP contribution in [-0.4, -0.2) is 66.5 Å². The first-order chi connectivity index (χ1) is 13.9. The number of hydrogen-bond donors (Lipinski definition) is 0. The topological polar surface area (TPSA) is 45.7 Å². The molecular formula is C22H27F2N3O2. The molecule has 1 amide bonds. The number of amides is 1. The first-order valence-corrected chi connectivity index (χ1v) is 10.1. The Morgan fingerprint density at radius 3 is 2.86 bits per heavy atom. The van der Waals surface area contributed by atoms with Gasteiger partial charge >= 0.3 is 0 Å². The molecule has 3 heterocycles. The quantitative estimate of drug-likeness (QED) is 0.768. The minimum atomic E-state index is -2.89. The summed E-state index contributed by atoms with van der Waals surface area (Å²) in [6.07, 6.45) is 2.60. The zero-order chi connectivity index (χ0) is 20.5. The summed E-state index contributed by atoms with van der Waals surface area (Å²) in [6.45, 7) is 1.87. The molecule has 2 aromatic rings. The molecule has 7 heteroatoms. The maximum absolute atomic E-state index is 14.8. The van der Waals surface area contributed by atoms with Crippen molar-refractivity contribution in [1.82, 2.24) is 14.8 Å². The summed E-state index contributed by atoms with van der Waals surface area (Å²) in [5.41, 5.74) is 0.719. The number of hydrogen-bond acceptors (Lipinski definition) is 4. The fourth-order valence-corrected chi connectivity index (χ4v) is 4.94. The van der Waals surface area contributed by atoms with Crippen LogP contribution in [0.4, 0.5) is 8.78 Å². The van der Waals surface area contributed by atoms with E-state index < -0.39 is 11.3 Å². The van der Waals surface area contributed by atoms with Crippen LogP contribution < -0.4 is 0 Å². The lowest BCUT2D eigenvalue weighted by molar-refractivity contribution is -0.170. The summed E-state index contributed by atoms with van der Waals surface area (Å²) in [4.78, 5) is 21.1. The van der Waals surface area contributed by atoms with Gasteiger partial charge in [-0.25, -0.2) is 8.78 Å². The van der Waals surface area contributed by atoms with Crippen LogP contribution in [0.2, 0.25) is 0 Å². The van der Waals surface area contributed by atoms with Crippen molar-refractivity contribution in [2.75, 3.05) is 39.9 Å². The molecule has 1 atom stereocenters. The minimum Gasteiger partial charge on any atom is -0.383 e. The second kappa shape index (κ2) is 7.95. The smallest absolute Gasteiger partial charge is 0.261 e. The number of nitrogens with zero attached hydrogens (tertiary/aromatic N) is 3. The zero-order valence-electron chi connectivity index (χ0n) is 16.7. The monoisotopic (exact) mass is 403 g/mol. The molecule has 1 unspecified atom stereocenters. The van der Waals surface area contributed by atoms with Crippen LogP contribution in [0.25, 0.3) is 10.9 Å². The van der Waals surface area contributed by atoms with Gasteiger partial charge in [-0.1, -0.05) is 24.3 Å². The van der Waals surface area contributed by atoms with Gasteiger partial charge in [0.2, 0.25) is 5.91 Å². The van der Waals surface area contributed by atoms with Gasteiger partial charge in [-0.2, -0.15) is 0 Å². The molecule has 0 N–H and O–H groups in total. The first kappa shape index (κ1) is 20.2. The number of ether oxygens (including phenoxy) is 1. The number of para-hydroxylation sites is 1. The van der Waals surface area contributed by atoms with E-state index in [0.717, 1.165) is 22.9 Å². The molecule has 0 saturated carbocycles. The number of fused-ring (bicyclic) bond motifs is 1. The van der Waals surface area contributed by atoms with Crippen LogP contribution in [0.5, 0.6) is 0 Å². The number of piperidine rings is 2. The summed E-state index contributed by atoms with van der Waals surface area (Å²) < 4.78 is 34.7. The molecule has 156 valence electrons. The Labute approximate surface area is 169 Å². The second-order valence-corrected chi connectivity index (χ2v) is 8.34. The molecular weight excluding hydrogens is 376 g/mol. The van der Waals surface area contributed by atoms with Gasteiger partial charge in [0.1, 0.15) is 0 Å². The van der Waals surface area contributed by atoms with Gasteiger partial charge in [0, 0.05) is 51.3 Å². The van der Waals surface area contributed by atoms with Crippen molar-refractivity contribution < 1.29 is 18.3 Å². The molecule has 2 fully saturated rings. The standard InChI is InChI=1S/C22H27F2N3O2/c1-29-12-11-27-10-4-8-21(20(27)28)14-22(23,24)16-26(15-21)13-18-6-2-5-17-7-3-9-25-19(17)18/h2-3,5-7,9H,4,8,10-16H2,1H3. The molecule has 0 bridgehead atoms. The van der Waals surface area contributed by atoms with E-state index in [2.05, 4.69) is 4.98 Å². The highest BCUT2D eigenvalue weighted by Gasteiger charge is 2.55. The van der Waals surface area contributed by atoms with Crippen molar-refractivity contribution in [3.05, 3.63) is 42.1 Å². The Bertz CT molecular complexity index is 886. The number of rotatable bonds is 5. The van der Waals surface area contributed by atoms with Crippen molar-refractivity contribution in [3.63, 3.8) is 0 Å². The summed E-state index contributed by atoms with van der Waals surface area (Å²) in [6, 6.07) is 9.66. The van der Waals surface area contributed by atoms with Gasteiger partial charge < -0.3 is 9.64 Å². The largest absolute Gasteiger partial charge is 0.383 e. The molecule has 1 aromatic carbocycles. The van der Waals surface area contributed by atoms with E-state index in [4.69, 9.17) is 4.74 Å². The molecule has 0 aliphatic carbocycles. The van der Waals surface area contributed by atoms with E-state index >= 15 is 0 Å². The third kappa shape index (κ3) is 4.12. The number of carbonyl (C=O) groups is 1. The van der Waals surface area contributed by atoms with Crippen molar-refractivity contribution in [1.29, 1.82) is 0 Å². The number of alkyl halides is 2. The van der Waals surface area contributed by atoms with Crippen LogP contribution in [0.15, 0.2) is 36.5 Å². The average Bonchev–Trinajstić information content (AvgIpc) is 2.68. The van der Waals surface area contributed by atoms with Gasteiger partial charge in [0.25, 0.3) is 5.92 Å². The van der Waals surface area contributed by atoms with Crippen molar-refractivity contribution in [2.24, 2.45) is 5.41 Å². The number of halogens is 2. The Balaban J connectivity index is 1.59. The molecule has 29 heavy (non-hydrogen) atoms. The van der Waals surface area contributed by atoms with Gasteiger partial charge in [-0.15, -0.1) is 0 Å². The average molecular weight is 403 g/mol. The van der Waals surface area contributed by atoms with E-state index in [9.17, 15) is 13.6 Å². The lowest BCUT2D eigenvalue weighted by Crippen LogP contribution is -2.61. The van der Waals surface area contributed by atoms with Crippen LogP contribution in [0.1, 0.15) is 24.8 Å². The van der Waals surface area contributed by atoms with Crippen LogP contribution >= 0.6 is 0 Å². The van der Waals surface area contributed by atoms with Gasteiger partial charge in [0.05, 0.1) is 24.1 Å². The lowest BCUT2D eigenvalue weighted by Gasteiger charge is -2.49. The number of carbonyl (C=O) groups excluding carboxylic acids is 1. The molecule has 5 nitrogen and oxygen atoms in total. The third-order valence-electron chi connectivity index (χ3n) is 6.08. The molecule has 2 aliphatic heterocycles. The number of likely N-dealkylation sites (tertiary alicyclic amines) is 2. The van der Waals surface area contributed by atoms with Crippen LogP contribution in [0, 0.1) is 5.41 Å². The predicted molar refractivity (Wildman–Crippen MR) is 107 cm³/mol. The number of methoxy groups -OCH3 is 1. The highest BCUT2D eigenvalue weighted by molar-refractivity contribution is 5.84. The number of pyridine rings is 1. The highest BCUT2D eigenvalue weighted by atomic mass is 19.3. The first-order valence-electron chi connectivity index (χ1n) is 10.1. The van der Waals surface area contributed by atoms with Crippen molar-refractivity contribution in [2.45, 2.75) is 31.7 Å². The van der Waals surface area contributed by atoms with E-state index in [0.29, 0.717) is 39.2 Å². The zero-order valence-corrected chi connectivity index (χ0v) is 16.7. The molecule has 2 saturated heterocycles. The summed E-state index contributed by atoms with van der Waals surface area (Å²) in [5.74, 6) is -3.04. The highest BCUT2D eigenvalue weighted by Crippen LogP contribution is 2.45. The van der Waals surface area contributed by atoms with Crippen molar-refractivity contribution >= 4 is 16.8 Å². The van der Waals surface area contributed by atoms with Crippen LogP contribution in [-0.2, 0) is 16.1 Å². The fraction of sp³-hybridized carbons (Fsp3) is 0.545. The molecule has 0 radical (unpaired) electrons. The predicted octanol–water partition coefficient (Wildman–Crippen LogP) is 3.33. The lowest BCUT2D eigenvalue weighted by atomic mass is 9.71. The molecule has 1 spiro atoms. The molecule has 2 aliphatic rings. The fourth-order valence-electron chi connectivity index (χ4n) is 4.94. The summed E-state index contributed by atoms with van der Waals surface area (Å²) >= 11 is 0. The maximum Gasteiger partial charge on any atom is 0.261 e. The Morgan fingerprint density at radius 1 is 1.21 bits per heavy atom. The Kier molecular flexibility index (Phi) is 5.53. The van der Waals surface area contributed by atoms with E-state index in [1.54, 1.807) is 23.1 Å². The number of benzene rings is 1. The normalized spacial score (nSPS) is 25.1. The number of aromatic nitrogens is 1. The molecule has 1 aromatic heterocycles. The van der Waals surface area contributed by atoms with E-state index in [-0.39, 0.29) is 18.9 Å². The Morgan fingerprint density at radius 2 is 2.03 bits per heavy atom. The van der Waals surface area contributed by atoms with Crippen molar-refractivity contribution in [3.8, 4) is 0 Å². The van der Waals surface area contributed by atoms with E-state index in [1.165, 1.54) is 0 Å². The van der Waals surface area contributed by atoms with Gasteiger partial charge in [-0.3, -0.25) is 14.7 Å².